The van der Waals surface area contributed by atoms with Crippen molar-refractivity contribution in [3.05, 3.63) is 12.2 Å². The van der Waals surface area contributed by atoms with Gasteiger partial charge in [-0.25, -0.2) is 0 Å². The van der Waals surface area contributed by atoms with Gasteiger partial charge in [0.2, 0.25) is 0 Å². The minimum Gasteiger partial charge on any atom is -0.463 e. The molecule has 0 aliphatic heterocycles. The summed E-state index contributed by atoms with van der Waals surface area (Å²) in [6.07, 6.45) is 20.9. The van der Waals surface area contributed by atoms with E-state index in [-0.39, 0.29) is 12.6 Å². The lowest BCUT2D eigenvalue weighted by atomic mass is 10.1. The van der Waals surface area contributed by atoms with Crippen LogP contribution in [0.4, 0.5) is 0 Å². The molecule has 0 spiro atoms. The standard InChI is InChI=1S/C21H40O3/c1-3-4-5-6-7-8-9-10-11-12-13-14-15-16-17-18-21(23)24-19-20(2)22/h10-11,20,22H,3-9,12-19H2,1-2H3/b11-10-/t20-/m0/s1. The summed E-state index contributed by atoms with van der Waals surface area (Å²) in [5.74, 6) is -0.187. The Balaban J connectivity index is 3.19. The lowest BCUT2D eigenvalue weighted by molar-refractivity contribution is -0.146. The van der Waals surface area contributed by atoms with Crippen molar-refractivity contribution in [3.8, 4) is 0 Å². The van der Waals surface area contributed by atoms with Gasteiger partial charge in [-0.05, 0) is 39.0 Å². The first-order valence-corrected chi connectivity index (χ1v) is 10.2. The van der Waals surface area contributed by atoms with E-state index < -0.39 is 6.10 Å². The molecule has 0 aromatic rings. The van der Waals surface area contributed by atoms with E-state index >= 15 is 0 Å². The normalized spacial score (nSPS) is 12.6. The number of aliphatic hydroxyl groups is 1. The van der Waals surface area contributed by atoms with Crippen molar-refractivity contribution in [2.75, 3.05) is 6.61 Å². The monoisotopic (exact) mass is 340 g/mol. The van der Waals surface area contributed by atoms with E-state index in [9.17, 15) is 4.79 Å². The predicted molar refractivity (Wildman–Crippen MR) is 102 cm³/mol. The summed E-state index contributed by atoms with van der Waals surface area (Å²) < 4.78 is 4.92. The first-order valence-electron chi connectivity index (χ1n) is 10.2. The molecule has 0 rings (SSSR count). The third-order valence-corrected chi connectivity index (χ3v) is 4.13. The van der Waals surface area contributed by atoms with Gasteiger partial charge in [0.15, 0.2) is 0 Å². The molecule has 0 saturated heterocycles. The van der Waals surface area contributed by atoms with Crippen LogP contribution in [0.1, 0.15) is 104 Å². The van der Waals surface area contributed by atoms with Gasteiger partial charge >= 0.3 is 5.97 Å². The predicted octanol–water partition coefficient (Wildman–Crippen LogP) is 5.95. The lowest BCUT2D eigenvalue weighted by Gasteiger charge is -2.06. The SMILES string of the molecule is CCCCCCCC/C=C\CCCCCCCC(=O)OC[C@H](C)O. The van der Waals surface area contributed by atoms with Crippen LogP contribution in [0.25, 0.3) is 0 Å². The van der Waals surface area contributed by atoms with E-state index in [1.54, 1.807) is 6.92 Å². The summed E-state index contributed by atoms with van der Waals surface area (Å²) >= 11 is 0. The first-order chi connectivity index (χ1) is 11.7. The lowest BCUT2D eigenvalue weighted by Crippen LogP contribution is -2.14. The maximum absolute atomic E-state index is 11.3. The number of hydrogen-bond acceptors (Lipinski definition) is 3. The van der Waals surface area contributed by atoms with Gasteiger partial charge in [0.1, 0.15) is 6.61 Å². The number of carbonyl (C=O) groups is 1. The molecular weight excluding hydrogens is 300 g/mol. The number of unbranched alkanes of at least 4 members (excludes halogenated alkanes) is 11. The molecule has 1 atom stereocenters. The zero-order valence-electron chi connectivity index (χ0n) is 16.1. The number of rotatable bonds is 17. The summed E-state index contributed by atoms with van der Waals surface area (Å²) in [5.41, 5.74) is 0. The highest BCUT2D eigenvalue weighted by Crippen LogP contribution is 2.10. The average Bonchev–Trinajstić information content (AvgIpc) is 2.56. The van der Waals surface area contributed by atoms with Gasteiger partial charge in [0, 0.05) is 6.42 Å². The third kappa shape index (κ3) is 19.2. The fourth-order valence-corrected chi connectivity index (χ4v) is 2.63. The number of hydrogen-bond donors (Lipinski definition) is 1. The molecule has 0 radical (unpaired) electrons. The van der Waals surface area contributed by atoms with Gasteiger partial charge in [-0.15, -0.1) is 0 Å². The van der Waals surface area contributed by atoms with Crippen LogP contribution in [0.5, 0.6) is 0 Å². The Morgan fingerprint density at radius 3 is 1.92 bits per heavy atom. The van der Waals surface area contributed by atoms with E-state index in [2.05, 4.69) is 19.1 Å². The van der Waals surface area contributed by atoms with Crippen LogP contribution in [-0.2, 0) is 9.53 Å². The van der Waals surface area contributed by atoms with Crippen molar-refractivity contribution in [2.24, 2.45) is 0 Å². The molecule has 0 aliphatic rings. The summed E-state index contributed by atoms with van der Waals surface area (Å²) in [5, 5.41) is 9.02. The third-order valence-electron chi connectivity index (χ3n) is 4.13. The Bertz CT molecular complexity index is 297. The molecule has 0 aromatic carbocycles. The smallest absolute Gasteiger partial charge is 0.305 e. The molecule has 0 aliphatic carbocycles. The minimum absolute atomic E-state index is 0.115. The second kappa shape index (κ2) is 18.5. The molecule has 0 heterocycles. The summed E-state index contributed by atoms with van der Waals surface area (Å²) in [7, 11) is 0. The maximum Gasteiger partial charge on any atom is 0.305 e. The highest BCUT2D eigenvalue weighted by atomic mass is 16.5. The second-order valence-electron chi connectivity index (χ2n) is 6.87. The van der Waals surface area contributed by atoms with Gasteiger partial charge in [-0.3, -0.25) is 4.79 Å². The zero-order chi connectivity index (χ0) is 17.9. The van der Waals surface area contributed by atoms with Crippen molar-refractivity contribution >= 4 is 5.97 Å². The van der Waals surface area contributed by atoms with Gasteiger partial charge < -0.3 is 9.84 Å². The van der Waals surface area contributed by atoms with E-state index in [1.165, 1.54) is 70.6 Å². The molecule has 3 heteroatoms. The highest BCUT2D eigenvalue weighted by Gasteiger charge is 2.04. The molecule has 24 heavy (non-hydrogen) atoms. The molecular formula is C21H40O3. The molecule has 1 N–H and O–H groups in total. The van der Waals surface area contributed by atoms with Gasteiger partial charge in [-0.1, -0.05) is 70.4 Å². The average molecular weight is 341 g/mol. The van der Waals surface area contributed by atoms with E-state index in [0.29, 0.717) is 6.42 Å². The molecule has 0 saturated carbocycles. The molecule has 0 unspecified atom stereocenters. The van der Waals surface area contributed by atoms with Crippen LogP contribution in [0.2, 0.25) is 0 Å². The maximum atomic E-state index is 11.3. The molecule has 0 fully saturated rings. The van der Waals surface area contributed by atoms with Crippen LogP contribution >= 0.6 is 0 Å². The van der Waals surface area contributed by atoms with Crippen LogP contribution in [0, 0.1) is 0 Å². The van der Waals surface area contributed by atoms with Crippen LogP contribution in [-0.4, -0.2) is 23.8 Å². The topological polar surface area (TPSA) is 46.5 Å². The van der Waals surface area contributed by atoms with Crippen molar-refractivity contribution in [3.63, 3.8) is 0 Å². The summed E-state index contributed by atoms with van der Waals surface area (Å²) in [6.45, 7) is 4.00. The number of aliphatic hydroxyl groups excluding tert-OH is 1. The number of carbonyl (C=O) groups excluding carboxylic acids is 1. The van der Waals surface area contributed by atoms with Gasteiger partial charge in [0.05, 0.1) is 6.10 Å². The molecule has 0 aromatic heterocycles. The fraction of sp³-hybridized carbons (Fsp3) is 0.857. The Labute approximate surface area is 149 Å². The van der Waals surface area contributed by atoms with E-state index in [4.69, 9.17) is 9.84 Å². The summed E-state index contributed by atoms with van der Waals surface area (Å²) in [4.78, 5) is 11.3. The number of allylic oxidation sites excluding steroid dienone is 2. The second-order valence-corrected chi connectivity index (χ2v) is 6.87. The molecule has 3 nitrogen and oxygen atoms in total. The Morgan fingerprint density at radius 2 is 1.38 bits per heavy atom. The molecule has 0 bridgehead atoms. The summed E-state index contributed by atoms with van der Waals surface area (Å²) in [6, 6.07) is 0. The first kappa shape index (κ1) is 23.2. The van der Waals surface area contributed by atoms with Crippen LogP contribution < -0.4 is 0 Å². The van der Waals surface area contributed by atoms with Gasteiger partial charge in [-0.2, -0.15) is 0 Å². The van der Waals surface area contributed by atoms with Crippen molar-refractivity contribution < 1.29 is 14.6 Å². The molecule has 142 valence electrons. The van der Waals surface area contributed by atoms with Gasteiger partial charge in [0.25, 0.3) is 0 Å². The molecule has 0 amide bonds. The fourth-order valence-electron chi connectivity index (χ4n) is 2.63. The van der Waals surface area contributed by atoms with Crippen LogP contribution in [0.3, 0.4) is 0 Å². The highest BCUT2D eigenvalue weighted by molar-refractivity contribution is 5.69. The quantitative estimate of drug-likeness (QED) is 0.202. The Hall–Kier alpha value is -0.830. The number of esters is 1. The van der Waals surface area contributed by atoms with E-state index in [0.717, 1.165) is 12.8 Å². The van der Waals surface area contributed by atoms with Crippen molar-refractivity contribution in [1.82, 2.24) is 0 Å². The number of ether oxygens (including phenoxy) is 1. The largest absolute Gasteiger partial charge is 0.463 e. The Morgan fingerprint density at radius 1 is 0.875 bits per heavy atom. The minimum atomic E-state index is -0.567. The van der Waals surface area contributed by atoms with Crippen LogP contribution in [0.15, 0.2) is 12.2 Å². The van der Waals surface area contributed by atoms with Crippen molar-refractivity contribution in [1.29, 1.82) is 0 Å². The van der Waals surface area contributed by atoms with Crippen molar-refractivity contribution in [2.45, 2.75) is 110 Å². The Kier molecular flexibility index (Phi) is 17.9. The zero-order valence-corrected chi connectivity index (χ0v) is 16.1. The van der Waals surface area contributed by atoms with E-state index in [1.807, 2.05) is 0 Å².